The first-order valence-electron chi connectivity index (χ1n) is 9.50. The molecular formula is C23H23ClO5. The van der Waals surface area contributed by atoms with E-state index in [2.05, 4.69) is 13.8 Å². The molecule has 0 bridgehead atoms. The summed E-state index contributed by atoms with van der Waals surface area (Å²) in [5.41, 5.74) is 1.18. The van der Waals surface area contributed by atoms with Gasteiger partial charge in [0.25, 0.3) is 0 Å². The Labute approximate surface area is 174 Å². The Hall–Kier alpha value is -2.79. The molecule has 2 aromatic carbocycles. The second-order valence-corrected chi connectivity index (χ2v) is 7.63. The molecule has 1 aromatic heterocycles. The van der Waals surface area contributed by atoms with Gasteiger partial charge >= 0.3 is 5.97 Å². The van der Waals surface area contributed by atoms with Crippen LogP contribution in [0.3, 0.4) is 0 Å². The van der Waals surface area contributed by atoms with Gasteiger partial charge in [-0.15, -0.1) is 0 Å². The number of ether oxygens (including phenoxy) is 2. The quantitative estimate of drug-likeness (QED) is 0.479. The fourth-order valence-corrected chi connectivity index (χ4v) is 3.05. The van der Waals surface area contributed by atoms with Crippen molar-refractivity contribution in [3.8, 4) is 16.9 Å². The molecule has 3 rings (SSSR count). The highest BCUT2D eigenvalue weighted by Gasteiger charge is 2.18. The number of benzene rings is 2. The summed E-state index contributed by atoms with van der Waals surface area (Å²) in [6.45, 7) is 6.11. The molecule has 1 atom stereocenters. The summed E-state index contributed by atoms with van der Waals surface area (Å²) in [6.07, 6.45) is 1.42. The Morgan fingerprint density at radius 3 is 2.59 bits per heavy atom. The van der Waals surface area contributed by atoms with Gasteiger partial charge in [-0.25, -0.2) is 4.79 Å². The van der Waals surface area contributed by atoms with Crippen LogP contribution >= 0.6 is 11.6 Å². The van der Waals surface area contributed by atoms with Crippen LogP contribution in [0.2, 0.25) is 5.02 Å². The number of esters is 1. The van der Waals surface area contributed by atoms with Crippen molar-refractivity contribution in [3.05, 3.63) is 64.0 Å². The maximum atomic E-state index is 12.9. The molecule has 29 heavy (non-hydrogen) atoms. The van der Waals surface area contributed by atoms with Gasteiger partial charge in [0, 0.05) is 16.7 Å². The van der Waals surface area contributed by atoms with E-state index in [-0.39, 0.29) is 5.43 Å². The summed E-state index contributed by atoms with van der Waals surface area (Å²) in [7, 11) is 0. The zero-order chi connectivity index (χ0) is 21.0. The lowest BCUT2D eigenvalue weighted by atomic mass is 10.1. The number of rotatable bonds is 7. The van der Waals surface area contributed by atoms with Crippen molar-refractivity contribution in [3.63, 3.8) is 0 Å². The summed E-state index contributed by atoms with van der Waals surface area (Å²) >= 11 is 6.20. The zero-order valence-corrected chi connectivity index (χ0v) is 17.4. The maximum absolute atomic E-state index is 12.9. The molecule has 0 spiro atoms. The van der Waals surface area contributed by atoms with Crippen molar-refractivity contribution in [2.45, 2.75) is 33.3 Å². The van der Waals surface area contributed by atoms with Gasteiger partial charge in [-0.3, -0.25) is 4.79 Å². The molecule has 0 fully saturated rings. The Morgan fingerprint density at radius 2 is 1.86 bits per heavy atom. The van der Waals surface area contributed by atoms with Crippen molar-refractivity contribution in [2.75, 3.05) is 6.61 Å². The smallest absolute Gasteiger partial charge is 0.347 e. The number of hydrogen-bond donors (Lipinski definition) is 0. The third-order valence-electron chi connectivity index (χ3n) is 4.49. The van der Waals surface area contributed by atoms with E-state index >= 15 is 0 Å². The van der Waals surface area contributed by atoms with Crippen LogP contribution in [-0.4, -0.2) is 18.7 Å². The molecule has 152 valence electrons. The Morgan fingerprint density at radius 1 is 1.10 bits per heavy atom. The zero-order valence-electron chi connectivity index (χ0n) is 16.6. The lowest BCUT2D eigenvalue weighted by molar-refractivity contribution is -0.151. The summed E-state index contributed by atoms with van der Waals surface area (Å²) < 4.78 is 16.5. The van der Waals surface area contributed by atoms with Gasteiger partial charge in [-0.05, 0) is 37.5 Å². The van der Waals surface area contributed by atoms with Crippen molar-refractivity contribution in [2.24, 2.45) is 5.92 Å². The molecule has 0 saturated heterocycles. The predicted molar refractivity (Wildman–Crippen MR) is 113 cm³/mol. The molecule has 5 nitrogen and oxygen atoms in total. The van der Waals surface area contributed by atoms with Crippen LogP contribution in [0.5, 0.6) is 5.75 Å². The van der Waals surface area contributed by atoms with E-state index in [9.17, 15) is 9.59 Å². The van der Waals surface area contributed by atoms with Gasteiger partial charge in [-0.1, -0.05) is 43.6 Å². The van der Waals surface area contributed by atoms with Gasteiger partial charge in [0.05, 0.1) is 17.6 Å². The van der Waals surface area contributed by atoms with E-state index in [0.29, 0.717) is 45.4 Å². The third kappa shape index (κ3) is 4.98. The average Bonchev–Trinajstić information content (AvgIpc) is 2.68. The summed E-state index contributed by atoms with van der Waals surface area (Å²) in [6, 6.07) is 11.9. The highest BCUT2D eigenvalue weighted by molar-refractivity contribution is 6.33. The van der Waals surface area contributed by atoms with Gasteiger partial charge < -0.3 is 13.9 Å². The predicted octanol–water partition coefficient (Wildman–Crippen LogP) is 5.47. The van der Waals surface area contributed by atoms with E-state index < -0.39 is 12.1 Å². The molecular weight excluding hydrogens is 392 g/mol. The van der Waals surface area contributed by atoms with Crippen LogP contribution in [0.15, 0.2) is 57.9 Å². The van der Waals surface area contributed by atoms with Crippen LogP contribution in [0.1, 0.15) is 27.2 Å². The number of fused-ring (bicyclic) bond motifs is 1. The Bertz CT molecular complexity index is 1070. The molecule has 1 heterocycles. The van der Waals surface area contributed by atoms with Crippen molar-refractivity contribution in [1.29, 1.82) is 0 Å². The minimum atomic E-state index is -0.770. The van der Waals surface area contributed by atoms with Crippen LogP contribution < -0.4 is 10.2 Å². The first kappa shape index (κ1) is 20.9. The van der Waals surface area contributed by atoms with Crippen molar-refractivity contribution in [1.82, 2.24) is 0 Å². The molecule has 0 N–H and O–H groups in total. The fraction of sp³-hybridized carbons (Fsp3) is 0.304. The van der Waals surface area contributed by atoms with Gasteiger partial charge in [0.15, 0.2) is 6.10 Å². The van der Waals surface area contributed by atoms with Crippen molar-refractivity contribution < 1.29 is 18.7 Å². The number of hydrogen-bond acceptors (Lipinski definition) is 5. The molecule has 0 unspecified atom stereocenters. The largest absolute Gasteiger partial charge is 0.479 e. The second kappa shape index (κ2) is 9.14. The topological polar surface area (TPSA) is 65.7 Å². The lowest BCUT2D eigenvalue weighted by Crippen LogP contribution is -2.26. The Balaban J connectivity index is 1.79. The minimum Gasteiger partial charge on any atom is -0.479 e. The Kier molecular flexibility index (Phi) is 6.60. The number of carbonyl (C=O) groups is 1. The molecule has 0 aliphatic heterocycles. The monoisotopic (exact) mass is 414 g/mol. The van der Waals surface area contributed by atoms with Gasteiger partial charge in [0.1, 0.15) is 17.6 Å². The third-order valence-corrected chi connectivity index (χ3v) is 4.82. The van der Waals surface area contributed by atoms with Crippen LogP contribution in [0.4, 0.5) is 0 Å². The summed E-state index contributed by atoms with van der Waals surface area (Å²) in [4.78, 5) is 24.9. The first-order valence-corrected chi connectivity index (χ1v) is 9.88. The minimum absolute atomic E-state index is 0.188. The van der Waals surface area contributed by atoms with E-state index in [1.54, 1.807) is 43.3 Å². The van der Waals surface area contributed by atoms with E-state index in [0.717, 1.165) is 6.42 Å². The lowest BCUT2D eigenvalue weighted by Gasteiger charge is -2.15. The van der Waals surface area contributed by atoms with Gasteiger partial charge in [0.2, 0.25) is 5.43 Å². The van der Waals surface area contributed by atoms with Crippen molar-refractivity contribution >= 4 is 28.5 Å². The first-order chi connectivity index (χ1) is 13.9. The van der Waals surface area contributed by atoms with Crippen LogP contribution in [-0.2, 0) is 9.53 Å². The van der Waals surface area contributed by atoms with E-state index in [1.165, 1.54) is 6.26 Å². The van der Waals surface area contributed by atoms with Crippen LogP contribution in [0.25, 0.3) is 22.1 Å². The highest BCUT2D eigenvalue weighted by atomic mass is 35.5. The highest BCUT2D eigenvalue weighted by Crippen LogP contribution is 2.28. The standard InChI is InChI=1S/C23H23ClO5/c1-14(2)10-11-27-23(26)15(3)29-16-8-9-18-21(12-16)28-13-19(22(18)25)17-6-4-5-7-20(17)24/h4-9,12-15H,10-11H2,1-3H3/t15-/m0/s1. The molecule has 0 aliphatic carbocycles. The average molecular weight is 415 g/mol. The SMILES string of the molecule is CC(C)CCOC(=O)[C@H](C)Oc1ccc2c(=O)c(-c3ccccc3Cl)coc2c1. The molecule has 0 amide bonds. The number of halogens is 1. The number of carbonyl (C=O) groups excluding carboxylic acids is 1. The van der Waals surface area contributed by atoms with Gasteiger partial charge in [-0.2, -0.15) is 0 Å². The normalized spacial score (nSPS) is 12.2. The fourth-order valence-electron chi connectivity index (χ4n) is 2.81. The molecule has 3 aromatic rings. The molecule has 0 saturated carbocycles. The van der Waals surface area contributed by atoms with E-state index in [4.69, 9.17) is 25.5 Å². The summed E-state index contributed by atoms with van der Waals surface area (Å²) in [5, 5.41) is 0.880. The molecule has 6 heteroatoms. The molecule has 0 aliphatic rings. The molecule has 0 radical (unpaired) electrons. The van der Waals surface area contributed by atoms with Crippen LogP contribution in [0, 0.1) is 5.92 Å². The second-order valence-electron chi connectivity index (χ2n) is 7.23. The summed E-state index contributed by atoms with van der Waals surface area (Å²) in [5.74, 6) is 0.443. The maximum Gasteiger partial charge on any atom is 0.347 e. The van der Waals surface area contributed by atoms with E-state index in [1.807, 2.05) is 6.07 Å².